The summed E-state index contributed by atoms with van der Waals surface area (Å²) >= 11 is 4.64. The molecular weight excluding hydrogens is 501 g/mol. The van der Waals surface area contributed by atoms with Crippen LogP contribution in [-0.4, -0.2) is 43.3 Å². The van der Waals surface area contributed by atoms with Crippen molar-refractivity contribution in [3.05, 3.63) is 114 Å². The molecule has 38 heavy (non-hydrogen) atoms. The number of alkyl halides is 1. The third-order valence-corrected chi connectivity index (χ3v) is 6.35. The van der Waals surface area contributed by atoms with Gasteiger partial charge < -0.3 is 15.6 Å². The molecule has 0 saturated heterocycles. The van der Waals surface area contributed by atoms with Crippen molar-refractivity contribution in [2.75, 3.05) is 27.0 Å². The molecule has 4 N–H and O–H groups in total. The minimum Gasteiger partial charge on any atom is -0.384 e. The third kappa shape index (κ3) is 6.68. The number of amides is 1. The van der Waals surface area contributed by atoms with Crippen LogP contribution in [-0.2, 0) is 13.1 Å². The minimum absolute atomic E-state index is 0.0213. The van der Waals surface area contributed by atoms with Crippen LogP contribution in [0.1, 0.15) is 27.2 Å². The molecule has 0 spiro atoms. The molecule has 4 rings (SSSR count). The van der Waals surface area contributed by atoms with Crippen LogP contribution in [0.2, 0.25) is 0 Å². The van der Waals surface area contributed by atoms with Crippen molar-refractivity contribution in [1.29, 1.82) is 5.41 Å². The molecule has 0 aliphatic heterocycles. The highest BCUT2D eigenvalue weighted by Crippen LogP contribution is 2.24. The van der Waals surface area contributed by atoms with Crippen LogP contribution in [0.25, 0.3) is 10.9 Å². The van der Waals surface area contributed by atoms with Gasteiger partial charge in [-0.3, -0.25) is 14.7 Å². The fourth-order valence-electron chi connectivity index (χ4n) is 4.34. The average Bonchev–Trinajstić information content (AvgIpc) is 3.26. The Bertz CT molecular complexity index is 1440. The van der Waals surface area contributed by atoms with Crippen LogP contribution in [0, 0.1) is 11.2 Å². The zero-order chi connectivity index (χ0) is 27.9. The van der Waals surface area contributed by atoms with Crippen LogP contribution in [0.4, 0.5) is 10.1 Å². The number of rotatable bonds is 9. The van der Waals surface area contributed by atoms with Crippen molar-refractivity contribution in [2.45, 2.75) is 13.1 Å². The van der Waals surface area contributed by atoms with Gasteiger partial charge in [-0.15, -0.1) is 11.6 Å². The van der Waals surface area contributed by atoms with Gasteiger partial charge in [-0.25, -0.2) is 4.39 Å². The summed E-state index contributed by atoms with van der Waals surface area (Å²) in [6.07, 6.45) is 3.37. The second kappa shape index (κ2) is 12.5. The first kappa shape index (κ1) is 28.6. The van der Waals surface area contributed by atoms with E-state index in [0.717, 1.165) is 28.9 Å². The molecule has 0 unspecified atom stereocenters. The predicted octanol–water partition coefficient (Wildman–Crippen LogP) is 5.65. The van der Waals surface area contributed by atoms with E-state index in [9.17, 15) is 9.18 Å². The molecule has 0 radical (unpaired) electrons. The number of nitrogen functional groups attached to an aromatic ring is 1. The number of quaternary nitrogens is 1. The van der Waals surface area contributed by atoms with Crippen molar-refractivity contribution in [3.8, 4) is 0 Å². The first-order chi connectivity index (χ1) is 18.2. The number of carbonyl (C=O) groups is 1. The largest absolute Gasteiger partial charge is 0.384 e. The number of nitrogens with two attached hydrogens (primary N) is 1. The molecule has 0 atom stereocenters. The van der Waals surface area contributed by atoms with E-state index in [2.05, 4.69) is 49.7 Å². The number of halogens is 2. The summed E-state index contributed by atoms with van der Waals surface area (Å²) in [5.74, 6) is -0.629. The lowest BCUT2D eigenvalue weighted by Gasteiger charge is -2.27. The van der Waals surface area contributed by atoms with Crippen LogP contribution in [0.15, 0.2) is 85.5 Å². The molecule has 1 amide bonds. The van der Waals surface area contributed by atoms with Gasteiger partial charge in [-0.1, -0.05) is 36.9 Å². The summed E-state index contributed by atoms with van der Waals surface area (Å²) in [5.41, 5.74) is 10.5. The summed E-state index contributed by atoms with van der Waals surface area (Å²) in [7, 11) is 4.23. The molecule has 0 fully saturated rings. The lowest BCUT2D eigenvalue weighted by atomic mass is 10.1. The Balaban J connectivity index is 0.00000195. The zero-order valence-electron chi connectivity index (χ0n) is 22.0. The summed E-state index contributed by atoms with van der Waals surface area (Å²) in [5, 5.41) is 11.4. The fraction of sp³-hybridized carbons (Fsp3) is 0.200. The van der Waals surface area contributed by atoms with Gasteiger partial charge >= 0.3 is 0 Å². The smallest absolute Gasteiger partial charge is 0.268 e. The first-order valence-corrected chi connectivity index (χ1v) is 12.8. The third-order valence-electron chi connectivity index (χ3n) is 6.35. The molecule has 198 valence electrons. The van der Waals surface area contributed by atoms with E-state index in [4.69, 9.17) is 11.1 Å². The van der Waals surface area contributed by atoms with Crippen LogP contribution in [0.3, 0.4) is 0 Å². The van der Waals surface area contributed by atoms with E-state index in [1.807, 2.05) is 41.0 Å². The van der Waals surface area contributed by atoms with Crippen LogP contribution >= 0.6 is 11.6 Å². The number of nitrogens with zero attached hydrogens (tertiary/aromatic N) is 2. The number of fused-ring (bicyclic) bond motifs is 1. The molecule has 6 nitrogen and oxygen atoms in total. The number of hydrogen-bond donors (Lipinski definition) is 3. The lowest BCUT2D eigenvalue weighted by molar-refractivity contribution is 0.0942. The van der Waals surface area contributed by atoms with Gasteiger partial charge in [0.25, 0.3) is 5.91 Å². The molecule has 0 aliphatic rings. The molecule has 1 heterocycles. The van der Waals surface area contributed by atoms with Crippen molar-refractivity contribution < 1.29 is 9.18 Å². The van der Waals surface area contributed by atoms with E-state index < -0.39 is 0 Å². The summed E-state index contributed by atoms with van der Waals surface area (Å²) in [6.45, 7) is 5.39. The Morgan fingerprint density at radius 2 is 1.79 bits per heavy atom. The number of benzene rings is 3. The molecule has 4 aromatic rings. The van der Waals surface area contributed by atoms with Crippen molar-refractivity contribution in [2.24, 2.45) is 5.73 Å². The number of likely N-dealkylation sites (N-methyl/N-ethyl adjacent to an activating group) is 1. The fourth-order valence-corrected chi connectivity index (χ4v) is 4.34. The second-order valence-electron chi connectivity index (χ2n) is 9.44. The van der Waals surface area contributed by atoms with Crippen LogP contribution < -0.4 is 15.5 Å². The number of aromatic nitrogens is 1. The van der Waals surface area contributed by atoms with Crippen molar-refractivity contribution in [3.63, 3.8) is 0 Å². The molecule has 0 saturated carbocycles. The average molecular weight is 535 g/mol. The zero-order valence-corrected chi connectivity index (χ0v) is 22.7. The lowest BCUT2D eigenvalue weighted by Crippen LogP contribution is -2.40. The van der Waals surface area contributed by atoms with Gasteiger partial charge in [0.15, 0.2) is 0 Å². The van der Waals surface area contributed by atoms with Gasteiger partial charge in [0.2, 0.25) is 0 Å². The molecular formula is C30H34ClFN5O+. The molecule has 0 bridgehead atoms. The van der Waals surface area contributed by atoms with Gasteiger partial charge in [-0.2, -0.15) is 0 Å². The Hall–Kier alpha value is -3.94. The number of nitrogens with one attached hydrogen (secondary N) is 2. The highest BCUT2D eigenvalue weighted by Gasteiger charge is 2.18. The topological polar surface area (TPSA) is 83.9 Å². The second-order valence-corrected chi connectivity index (χ2v) is 9.44. The van der Waals surface area contributed by atoms with Crippen LogP contribution in [0.5, 0.6) is 0 Å². The summed E-state index contributed by atoms with van der Waals surface area (Å²) < 4.78 is 16.5. The maximum absolute atomic E-state index is 13.9. The highest BCUT2D eigenvalue weighted by atomic mass is 35.5. The monoisotopic (exact) mass is 534 g/mol. The molecule has 3 aromatic carbocycles. The van der Waals surface area contributed by atoms with Gasteiger partial charge in [0.1, 0.15) is 29.6 Å². The Labute approximate surface area is 228 Å². The SMILES string of the molecule is C=CC[N+](C)(C)c1ccc(CNC(=O)c2cc3cc(F)ccc3n2Cc2cccc(C(=N)N)c2)cc1.CCl. The van der Waals surface area contributed by atoms with E-state index in [0.29, 0.717) is 34.2 Å². The minimum atomic E-state index is -0.358. The van der Waals surface area contributed by atoms with Crippen molar-refractivity contribution >= 4 is 39.9 Å². The summed E-state index contributed by atoms with van der Waals surface area (Å²) in [4.78, 5) is 13.3. The number of hydrogen-bond acceptors (Lipinski definition) is 2. The van der Waals surface area contributed by atoms with Gasteiger partial charge in [0, 0.05) is 35.9 Å². The maximum Gasteiger partial charge on any atom is 0.268 e. The molecule has 1 aromatic heterocycles. The molecule has 0 aliphatic carbocycles. The standard InChI is InChI=1S/C29H30FN5O.CH3Cl/c1-4-14-35(2,3)25-11-8-20(9-12-25)18-33-29(36)27-17-23-16-24(30)10-13-26(23)34(27)19-21-6-5-7-22(15-21)28(31)32;1-2/h4-13,15-17H,1,14,18-19H2,2-3H3,(H3-,31,32,33,36);1H3/p+1. The highest BCUT2D eigenvalue weighted by molar-refractivity contribution is 6.15. The van der Waals surface area contributed by atoms with E-state index in [1.54, 1.807) is 18.2 Å². The predicted molar refractivity (Wildman–Crippen MR) is 157 cm³/mol. The number of amidine groups is 1. The number of carbonyl (C=O) groups excluding carboxylic acids is 1. The summed E-state index contributed by atoms with van der Waals surface area (Å²) in [6, 6.07) is 21.7. The van der Waals surface area contributed by atoms with E-state index in [-0.39, 0.29) is 17.6 Å². The van der Waals surface area contributed by atoms with E-state index >= 15 is 0 Å². The molecule has 8 heteroatoms. The normalized spacial score (nSPS) is 11.0. The Morgan fingerprint density at radius 3 is 2.45 bits per heavy atom. The van der Waals surface area contributed by atoms with Crippen molar-refractivity contribution in [1.82, 2.24) is 14.4 Å². The Kier molecular flexibility index (Phi) is 9.45. The maximum atomic E-state index is 13.9. The van der Waals surface area contributed by atoms with Gasteiger partial charge in [0.05, 0.1) is 14.1 Å². The quantitative estimate of drug-likeness (QED) is 0.0852. The van der Waals surface area contributed by atoms with Gasteiger partial charge in [-0.05, 0) is 59.7 Å². The first-order valence-electron chi connectivity index (χ1n) is 12.1. The van der Waals surface area contributed by atoms with E-state index in [1.165, 1.54) is 18.5 Å². The Morgan fingerprint density at radius 1 is 1.08 bits per heavy atom.